The highest BCUT2D eigenvalue weighted by molar-refractivity contribution is 5.30. The summed E-state index contributed by atoms with van der Waals surface area (Å²) in [6.07, 6.45) is 9.30. The van der Waals surface area contributed by atoms with Crippen molar-refractivity contribution in [2.45, 2.75) is 164 Å². The van der Waals surface area contributed by atoms with E-state index >= 15 is 0 Å². The van der Waals surface area contributed by atoms with Crippen LogP contribution in [0.15, 0.2) is 72.8 Å². The lowest BCUT2D eigenvalue weighted by molar-refractivity contribution is -0.0613. The first-order valence-corrected chi connectivity index (χ1v) is 20.9. The van der Waals surface area contributed by atoms with E-state index in [9.17, 15) is 0 Å². The Morgan fingerprint density at radius 1 is 0.481 bits per heavy atom. The molecule has 4 unspecified atom stereocenters. The summed E-state index contributed by atoms with van der Waals surface area (Å²) < 4.78 is 22.3. The average molecular weight is 751 g/mol. The molecule has 0 spiro atoms. The molecule has 54 heavy (non-hydrogen) atoms. The number of aromatic hydroxyl groups is 2. The number of ether oxygens (including phenoxy) is 4. The van der Waals surface area contributed by atoms with Gasteiger partial charge in [-0.3, -0.25) is 0 Å². The maximum absolute atomic E-state index is 9.01. The highest BCUT2D eigenvalue weighted by atomic mass is 16.7. The van der Waals surface area contributed by atoms with Crippen molar-refractivity contribution < 1.29 is 29.2 Å². The summed E-state index contributed by atoms with van der Waals surface area (Å²) in [6, 6.07) is 23.1. The van der Waals surface area contributed by atoms with Crippen molar-refractivity contribution >= 4 is 0 Å². The molecule has 1 saturated carbocycles. The molecule has 0 radical (unpaired) electrons. The Labute approximate surface area is 331 Å². The lowest BCUT2D eigenvalue weighted by Crippen LogP contribution is -2.23. The summed E-state index contributed by atoms with van der Waals surface area (Å²) in [7, 11) is 0. The molecule has 0 bridgehead atoms. The van der Waals surface area contributed by atoms with E-state index in [0.29, 0.717) is 48.1 Å². The van der Waals surface area contributed by atoms with Crippen LogP contribution in [0.25, 0.3) is 0 Å². The number of hydrogen-bond acceptors (Lipinski definition) is 6. The van der Waals surface area contributed by atoms with E-state index in [1.165, 1.54) is 42.4 Å². The van der Waals surface area contributed by atoms with Crippen LogP contribution in [-0.4, -0.2) is 48.5 Å². The van der Waals surface area contributed by atoms with E-state index in [-0.39, 0.29) is 6.29 Å². The van der Waals surface area contributed by atoms with Gasteiger partial charge in [0, 0.05) is 19.8 Å². The molecule has 6 heteroatoms. The summed E-state index contributed by atoms with van der Waals surface area (Å²) in [4.78, 5) is 0. The van der Waals surface area contributed by atoms with Crippen LogP contribution in [0, 0.1) is 11.8 Å². The van der Waals surface area contributed by atoms with Crippen LogP contribution in [0.1, 0.15) is 162 Å². The molecule has 2 N–H and O–H groups in total. The predicted octanol–water partition coefficient (Wildman–Crippen LogP) is 13.4. The highest BCUT2D eigenvalue weighted by Gasteiger charge is 2.22. The topological polar surface area (TPSA) is 77.4 Å². The third kappa shape index (κ3) is 21.7. The summed E-state index contributed by atoms with van der Waals surface area (Å²) in [6.45, 7) is 28.0. The molecular formula is C48H78O6. The van der Waals surface area contributed by atoms with Crippen molar-refractivity contribution in [2.24, 2.45) is 11.8 Å². The zero-order valence-corrected chi connectivity index (χ0v) is 36.1. The summed E-state index contributed by atoms with van der Waals surface area (Å²) >= 11 is 0. The molecule has 0 aromatic heterocycles. The quantitative estimate of drug-likeness (QED) is 0.142. The lowest BCUT2D eigenvalue weighted by Gasteiger charge is -2.29. The summed E-state index contributed by atoms with van der Waals surface area (Å²) in [5, 5.41) is 18.0. The Hall–Kier alpha value is -3.06. The molecule has 3 aromatic carbocycles. The van der Waals surface area contributed by atoms with Crippen LogP contribution in [-0.2, 0) is 14.2 Å². The molecule has 4 rings (SSSR count). The van der Waals surface area contributed by atoms with Crippen LogP contribution >= 0.6 is 0 Å². The smallest absolute Gasteiger partial charge is 0.196 e. The maximum atomic E-state index is 9.01. The van der Waals surface area contributed by atoms with Gasteiger partial charge in [-0.1, -0.05) is 77.9 Å². The fraction of sp³-hybridized carbons (Fsp3) is 0.625. The second-order valence-corrected chi connectivity index (χ2v) is 15.5. The molecule has 0 aliphatic heterocycles. The van der Waals surface area contributed by atoms with Gasteiger partial charge in [-0.15, -0.1) is 0 Å². The van der Waals surface area contributed by atoms with Gasteiger partial charge in [-0.2, -0.15) is 0 Å². The molecule has 1 aliphatic carbocycles. The van der Waals surface area contributed by atoms with Crippen LogP contribution < -0.4 is 4.74 Å². The molecule has 3 aromatic rings. The van der Waals surface area contributed by atoms with Crippen molar-refractivity contribution in [3.63, 3.8) is 0 Å². The van der Waals surface area contributed by atoms with Crippen molar-refractivity contribution in [2.75, 3.05) is 19.8 Å². The Morgan fingerprint density at radius 2 is 0.796 bits per heavy atom. The van der Waals surface area contributed by atoms with E-state index in [2.05, 4.69) is 81.4 Å². The van der Waals surface area contributed by atoms with E-state index in [1.54, 1.807) is 24.3 Å². The van der Waals surface area contributed by atoms with Crippen molar-refractivity contribution in [3.05, 3.63) is 89.5 Å². The molecular weight excluding hydrogens is 673 g/mol. The third-order valence-corrected chi connectivity index (χ3v) is 10.2. The zero-order chi connectivity index (χ0) is 40.5. The normalized spacial score (nSPS) is 17.4. The minimum Gasteiger partial charge on any atom is -0.508 e. The van der Waals surface area contributed by atoms with Gasteiger partial charge in [-0.05, 0) is 169 Å². The van der Waals surface area contributed by atoms with Gasteiger partial charge in [0.1, 0.15) is 17.2 Å². The molecule has 0 amide bonds. The van der Waals surface area contributed by atoms with Gasteiger partial charge >= 0.3 is 0 Å². The number of phenolic OH excluding ortho intramolecular Hbond substituents is 2. The number of rotatable bonds is 16. The van der Waals surface area contributed by atoms with Crippen LogP contribution in [0.4, 0.5) is 0 Å². The minimum absolute atomic E-state index is 0.181. The number of benzene rings is 3. The number of phenols is 2. The second kappa shape index (κ2) is 28.4. The Kier molecular flexibility index (Phi) is 25.7. The Morgan fingerprint density at radius 3 is 1.07 bits per heavy atom. The monoisotopic (exact) mass is 751 g/mol. The molecule has 1 fully saturated rings. The average Bonchev–Trinajstić information content (AvgIpc) is 3.17. The largest absolute Gasteiger partial charge is 0.508 e. The van der Waals surface area contributed by atoms with Gasteiger partial charge in [0.2, 0.25) is 0 Å². The standard InChI is InChI=1S/C14H28O2.C14H22O2.2C10H14O/c1-11(2)15-9-13-5-7-14(8-6-13)10-16-12(3)4;1-5-11(3)13-7-9-14(10-8-13)16-12(4)15-6-2;2*1-3-8(2)9-4-6-10(11)7-5-9/h11-14H,5-10H2,1-4H3;7-12H,5-6H2,1-4H3;2*4-8,11H,3H2,1-2H3. The molecule has 6 nitrogen and oxygen atoms in total. The lowest BCUT2D eigenvalue weighted by atomic mass is 9.83. The highest BCUT2D eigenvalue weighted by Crippen LogP contribution is 2.30. The molecule has 0 saturated heterocycles. The molecule has 306 valence electrons. The number of hydrogen-bond donors (Lipinski definition) is 2. The first kappa shape index (κ1) is 49.0. The third-order valence-electron chi connectivity index (χ3n) is 10.2. The van der Waals surface area contributed by atoms with Gasteiger partial charge in [0.15, 0.2) is 6.29 Å². The fourth-order valence-electron chi connectivity index (χ4n) is 5.87. The second-order valence-electron chi connectivity index (χ2n) is 15.5. The van der Waals surface area contributed by atoms with Gasteiger partial charge < -0.3 is 29.2 Å². The molecule has 4 atom stereocenters. The van der Waals surface area contributed by atoms with Gasteiger partial charge in [0.25, 0.3) is 0 Å². The van der Waals surface area contributed by atoms with Gasteiger partial charge in [0.05, 0.1) is 12.2 Å². The van der Waals surface area contributed by atoms with E-state index in [1.807, 2.05) is 50.2 Å². The van der Waals surface area contributed by atoms with E-state index in [4.69, 9.17) is 29.2 Å². The minimum atomic E-state index is -0.181. The van der Waals surface area contributed by atoms with Crippen LogP contribution in [0.3, 0.4) is 0 Å². The Balaban J connectivity index is 0.000000366. The van der Waals surface area contributed by atoms with Crippen molar-refractivity contribution in [1.82, 2.24) is 0 Å². The van der Waals surface area contributed by atoms with E-state index < -0.39 is 0 Å². The molecule has 1 aliphatic rings. The summed E-state index contributed by atoms with van der Waals surface area (Å²) in [5.74, 6) is 4.93. The fourth-order valence-corrected chi connectivity index (χ4v) is 5.87. The zero-order valence-electron chi connectivity index (χ0n) is 36.1. The predicted molar refractivity (Wildman–Crippen MR) is 228 cm³/mol. The van der Waals surface area contributed by atoms with Crippen LogP contribution in [0.5, 0.6) is 17.2 Å². The van der Waals surface area contributed by atoms with Gasteiger partial charge in [-0.25, -0.2) is 0 Å². The maximum Gasteiger partial charge on any atom is 0.196 e. The first-order chi connectivity index (χ1) is 25.7. The molecule has 0 heterocycles. The van der Waals surface area contributed by atoms with E-state index in [0.717, 1.165) is 50.1 Å². The summed E-state index contributed by atoms with van der Waals surface area (Å²) in [5.41, 5.74) is 3.95. The Bertz CT molecular complexity index is 1230. The first-order valence-electron chi connectivity index (χ1n) is 20.9. The van der Waals surface area contributed by atoms with Crippen molar-refractivity contribution in [1.29, 1.82) is 0 Å². The SMILES string of the molecule is CC(C)OCC1CCC(COC(C)C)CC1.CCC(C)c1ccc(O)cc1.CCC(C)c1ccc(O)cc1.CCOC(C)Oc1ccc(C(C)CC)cc1. The van der Waals surface area contributed by atoms with Crippen LogP contribution in [0.2, 0.25) is 0 Å². The van der Waals surface area contributed by atoms with Crippen molar-refractivity contribution in [3.8, 4) is 17.2 Å².